The molecule has 0 fully saturated rings. The number of benzene rings is 3. The van der Waals surface area contributed by atoms with Gasteiger partial charge in [0.25, 0.3) is 5.91 Å². The van der Waals surface area contributed by atoms with E-state index < -0.39 is 15.9 Å². The van der Waals surface area contributed by atoms with Gasteiger partial charge in [-0.05, 0) is 61.4 Å². The van der Waals surface area contributed by atoms with E-state index in [1.54, 1.807) is 13.8 Å². The molecule has 0 saturated carbocycles. The minimum absolute atomic E-state index is 0.0339. The molecule has 7 heteroatoms. The molecular weight excluding hydrogens is 420 g/mol. The number of carbonyl (C=O) groups is 1. The van der Waals surface area contributed by atoms with E-state index in [2.05, 4.69) is 5.32 Å². The summed E-state index contributed by atoms with van der Waals surface area (Å²) in [5, 5.41) is 5.32. The Morgan fingerprint density at radius 1 is 0.967 bits per heavy atom. The zero-order valence-electron chi connectivity index (χ0n) is 17.4. The SMILES string of the molecule is CC(NC(=O)c1cc(S(=O)(=O)N(C)C(C)C)ccc1Cl)c1ccc2ccccc2c1. The molecule has 1 amide bonds. The first-order valence-corrected chi connectivity index (χ1v) is 11.5. The molecule has 3 aromatic carbocycles. The van der Waals surface area contributed by atoms with Crippen LogP contribution in [0.3, 0.4) is 0 Å². The Balaban J connectivity index is 1.87. The molecule has 3 rings (SSSR count). The number of amides is 1. The minimum Gasteiger partial charge on any atom is -0.345 e. The second-order valence-electron chi connectivity index (χ2n) is 7.56. The monoisotopic (exact) mass is 444 g/mol. The van der Waals surface area contributed by atoms with Crippen molar-refractivity contribution >= 4 is 38.3 Å². The van der Waals surface area contributed by atoms with Crippen molar-refractivity contribution in [3.8, 4) is 0 Å². The predicted octanol–water partition coefficient (Wildman–Crippen LogP) is 5.01. The second-order valence-corrected chi connectivity index (χ2v) is 9.96. The van der Waals surface area contributed by atoms with Gasteiger partial charge in [0.15, 0.2) is 0 Å². The fourth-order valence-electron chi connectivity index (χ4n) is 3.12. The number of fused-ring (bicyclic) bond motifs is 1. The summed E-state index contributed by atoms with van der Waals surface area (Å²) in [4.78, 5) is 12.9. The molecule has 0 aliphatic carbocycles. The number of nitrogens with zero attached hydrogens (tertiary/aromatic N) is 1. The molecule has 30 heavy (non-hydrogen) atoms. The lowest BCUT2D eigenvalue weighted by Gasteiger charge is -2.21. The van der Waals surface area contributed by atoms with Crippen molar-refractivity contribution in [1.82, 2.24) is 9.62 Å². The van der Waals surface area contributed by atoms with Gasteiger partial charge in [0.2, 0.25) is 10.0 Å². The zero-order chi connectivity index (χ0) is 22.1. The number of hydrogen-bond donors (Lipinski definition) is 1. The van der Waals surface area contributed by atoms with Crippen molar-refractivity contribution < 1.29 is 13.2 Å². The maximum absolute atomic E-state index is 12.9. The highest BCUT2D eigenvalue weighted by atomic mass is 35.5. The van der Waals surface area contributed by atoms with Crippen molar-refractivity contribution in [3.63, 3.8) is 0 Å². The first-order valence-electron chi connectivity index (χ1n) is 9.68. The molecule has 0 radical (unpaired) electrons. The minimum atomic E-state index is -3.72. The number of carbonyl (C=O) groups excluding carboxylic acids is 1. The Morgan fingerprint density at radius 2 is 1.63 bits per heavy atom. The quantitative estimate of drug-likeness (QED) is 0.580. The van der Waals surface area contributed by atoms with E-state index in [1.165, 1.54) is 29.6 Å². The summed E-state index contributed by atoms with van der Waals surface area (Å²) in [5.74, 6) is -0.426. The largest absolute Gasteiger partial charge is 0.345 e. The summed E-state index contributed by atoms with van der Waals surface area (Å²) in [7, 11) is -2.21. The lowest BCUT2D eigenvalue weighted by atomic mass is 10.0. The number of halogens is 1. The summed E-state index contributed by atoms with van der Waals surface area (Å²) in [6.45, 7) is 5.45. The summed E-state index contributed by atoms with van der Waals surface area (Å²) in [6.07, 6.45) is 0. The first-order chi connectivity index (χ1) is 14.1. The molecule has 3 aromatic rings. The first kappa shape index (κ1) is 22.3. The van der Waals surface area contributed by atoms with Crippen LogP contribution in [0.5, 0.6) is 0 Å². The van der Waals surface area contributed by atoms with Gasteiger partial charge in [0.1, 0.15) is 0 Å². The molecule has 0 aliphatic rings. The van der Waals surface area contributed by atoms with Gasteiger partial charge in [-0.25, -0.2) is 8.42 Å². The summed E-state index contributed by atoms with van der Waals surface area (Å²) in [5.41, 5.74) is 1.07. The Hall–Kier alpha value is -2.41. The smallest absolute Gasteiger partial charge is 0.253 e. The average Bonchev–Trinajstić information content (AvgIpc) is 2.72. The molecule has 0 heterocycles. The van der Waals surface area contributed by atoms with Crippen LogP contribution >= 0.6 is 11.6 Å². The molecule has 5 nitrogen and oxygen atoms in total. The van der Waals surface area contributed by atoms with Gasteiger partial charge in [-0.1, -0.05) is 48.0 Å². The van der Waals surface area contributed by atoms with Gasteiger partial charge >= 0.3 is 0 Å². The van der Waals surface area contributed by atoms with Crippen molar-refractivity contribution in [1.29, 1.82) is 0 Å². The van der Waals surface area contributed by atoms with Crippen molar-refractivity contribution in [3.05, 3.63) is 76.8 Å². The van der Waals surface area contributed by atoms with E-state index in [4.69, 9.17) is 11.6 Å². The Kier molecular flexibility index (Phi) is 6.50. The Morgan fingerprint density at radius 3 is 2.30 bits per heavy atom. The maximum Gasteiger partial charge on any atom is 0.253 e. The lowest BCUT2D eigenvalue weighted by Crippen LogP contribution is -2.33. The molecule has 0 spiro atoms. The number of rotatable bonds is 6. The van der Waals surface area contributed by atoms with E-state index >= 15 is 0 Å². The van der Waals surface area contributed by atoms with E-state index in [0.717, 1.165) is 16.3 Å². The van der Waals surface area contributed by atoms with E-state index in [0.29, 0.717) is 0 Å². The lowest BCUT2D eigenvalue weighted by molar-refractivity contribution is 0.0940. The van der Waals surface area contributed by atoms with Crippen LogP contribution in [-0.4, -0.2) is 31.7 Å². The molecular formula is C23H25ClN2O3S. The molecule has 0 aromatic heterocycles. The van der Waals surface area contributed by atoms with E-state index in [1.807, 2.05) is 49.4 Å². The van der Waals surface area contributed by atoms with Crippen LogP contribution in [-0.2, 0) is 10.0 Å². The fourth-order valence-corrected chi connectivity index (χ4v) is 4.72. The van der Waals surface area contributed by atoms with Gasteiger partial charge in [-0.15, -0.1) is 0 Å². The normalized spacial score (nSPS) is 13.0. The van der Waals surface area contributed by atoms with Gasteiger partial charge in [0, 0.05) is 13.1 Å². The number of hydrogen-bond acceptors (Lipinski definition) is 3. The zero-order valence-corrected chi connectivity index (χ0v) is 19.0. The molecule has 1 unspecified atom stereocenters. The summed E-state index contributed by atoms with van der Waals surface area (Å²) < 4.78 is 26.8. The molecule has 0 bridgehead atoms. The molecule has 0 saturated heterocycles. The van der Waals surface area contributed by atoms with Crippen LogP contribution in [0.4, 0.5) is 0 Å². The van der Waals surface area contributed by atoms with Gasteiger partial charge < -0.3 is 5.32 Å². The third-order valence-electron chi connectivity index (χ3n) is 5.21. The highest BCUT2D eigenvalue weighted by Crippen LogP contribution is 2.25. The van der Waals surface area contributed by atoms with Crippen LogP contribution in [0.25, 0.3) is 10.8 Å². The Bertz CT molecular complexity index is 1190. The van der Waals surface area contributed by atoms with Crippen LogP contribution in [0.15, 0.2) is 65.6 Å². The van der Waals surface area contributed by atoms with Crippen LogP contribution in [0.1, 0.15) is 42.7 Å². The second kappa shape index (κ2) is 8.76. The van der Waals surface area contributed by atoms with Gasteiger partial charge in [-0.2, -0.15) is 4.31 Å². The van der Waals surface area contributed by atoms with Crippen LogP contribution in [0.2, 0.25) is 5.02 Å². The number of sulfonamides is 1. The third-order valence-corrected chi connectivity index (χ3v) is 7.57. The van der Waals surface area contributed by atoms with Crippen molar-refractivity contribution in [2.75, 3.05) is 7.05 Å². The van der Waals surface area contributed by atoms with E-state index in [-0.39, 0.29) is 27.6 Å². The van der Waals surface area contributed by atoms with Crippen LogP contribution < -0.4 is 5.32 Å². The van der Waals surface area contributed by atoms with Crippen LogP contribution in [0, 0.1) is 0 Å². The highest BCUT2D eigenvalue weighted by Gasteiger charge is 2.25. The van der Waals surface area contributed by atoms with Gasteiger partial charge in [0.05, 0.1) is 21.5 Å². The molecule has 0 aliphatic heterocycles. The number of nitrogens with one attached hydrogen (secondary N) is 1. The van der Waals surface area contributed by atoms with E-state index in [9.17, 15) is 13.2 Å². The topological polar surface area (TPSA) is 66.5 Å². The maximum atomic E-state index is 12.9. The molecule has 1 atom stereocenters. The Labute approximate surface area is 182 Å². The molecule has 1 N–H and O–H groups in total. The van der Waals surface area contributed by atoms with Crippen molar-refractivity contribution in [2.45, 2.75) is 37.8 Å². The van der Waals surface area contributed by atoms with Crippen molar-refractivity contribution in [2.24, 2.45) is 0 Å². The highest BCUT2D eigenvalue weighted by molar-refractivity contribution is 7.89. The summed E-state index contributed by atoms with van der Waals surface area (Å²) >= 11 is 6.22. The fraction of sp³-hybridized carbons (Fsp3) is 0.261. The summed E-state index contributed by atoms with van der Waals surface area (Å²) in [6, 6.07) is 17.7. The predicted molar refractivity (Wildman–Crippen MR) is 121 cm³/mol. The standard InChI is InChI=1S/C23H25ClN2O3S/c1-15(2)26(4)30(28,29)20-11-12-22(24)21(14-20)23(27)25-16(3)18-10-9-17-7-5-6-8-19(17)13-18/h5-16H,1-4H3,(H,25,27). The van der Waals surface area contributed by atoms with Gasteiger partial charge in [-0.3, -0.25) is 4.79 Å². The molecule has 158 valence electrons. The average molecular weight is 445 g/mol. The third kappa shape index (κ3) is 4.51.